The van der Waals surface area contributed by atoms with Crippen LogP contribution in [0.25, 0.3) is 10.9 Å². The molecule has 0 fully saturated rings. The van der Waals surface area contributed by atoms with Crippen molar-refractivity contribution in [3.05, 3.63) is 46.4 Å². The zero-order valence-electron chi connectivity index (χ0n) is 15.6. The number of benzene rings is 1. The van der Waals surface area contributed by atoms with Crippen molar-refractivity contribution in [3.63, 3.8) is 0 Å². The van der Waals surface area contributed by atoms with Crippen LogP contribution in [-0.4, -0.2) is 25.9 Å². The molecule has 0 saturated carbocycles. The van der Waals surface area contributed by atoms with Crippen LogP contribution in [0.2, 0.25) is 0 Å². The zero-order chi connectivity index (χ0) is 19.4. The van der Waals surface area contributed by atoms with Gasteiger partial charge in [-0.1, -0.05) is 48.8 Å². The summed E-state index contributed by atoms with van der Waals surface area (Å²) in [5, 5.41) is 7.29. The number of thioether (sulfide) groups is 1. The molecule has 0 aliphatic carbocycles. The predicted molar refractivity (Wildman–Crippen MR) is 106 cm³/mol. The van der Waals surface area contributed by atoms with Gasteiger partial charge in [-0.2, -0.15) is 0 Å². The zero-order valence-corrected chi connectivity index (χ0v) is 16.4. The molecule has 2 aromatic heterocycles. The minimum atomic E-state index is -0.388. The molecule has 0 spiro atoms. The van der Waals surface area contributed by atoms with E-state index in [2.05, 4.69) is 22.4 Å². The number of aromatic nitrogens is 3. The minimum absolute atomic E-state index is 0.120. The SMILES string of the molecule is CCCCC(Sc1nc2ccccc2c(=O)n1C)C(=O)Nc1cc(C)on1. The van der Waals surface area contributed by atoms with E-state index in [0.29, 0.717) is 34.1 Å². The van der Waals surface area contributed by atoms with Crippen LogP contribution in [0.5, 0.6) is 0 Å². The maximum atomic E-state index is 12.8. The average Bonchev–Trinajstić information content (AvgIpc) is 3.07. The van der Waals surface area contributed by atoms with Crippen molar-refractivity contribution in [1.82, 2.24) is 14.7 Å². The quantitative estimate of drug-likeness (QED) is 0.494. The number of amides is 1. The molecule has 1 N–H and O–H groups in total. The van der Waals surface area contributed by atoms with Crippen molar-refractivity contribution in [1.29, 1.82) is 0 Å². The molecule has 1 atom stereocenters. The van der Waals surface area contributed by atoms with Gasteiger partial charge in [0.15, 0.2) is 11.0 Å². The number of carbonyl (C=O) groups is 1. The van der Waals surface area contributed by atoms with Gasteiger partial charge < -0.3 is 9.84 Å². The van der Waals surface area contributed by atoms with Crippen LogP contribution in [0.3, 0.4) is 0 Å². The van der Waals surface area contributed by atoms with Gasteiger partial charge in [0.25, 0.3) is 5.56 Å². The molecule has 2 heterocycles. The van der Waals surface area contributed by atoms with E-state index >= 15 is 0 Å². The summed E-state index contributed by atoms with van der Waals surface area (Å²) in [6, 6.07) is 8.89. The van der Waals surface area contributed by atoms with Crippen molar-refractivity contribution < 1.29 is 9.32 Å². The first-order valence-corrected chi connectivity index (χ1v) is 9.74. The first-order valence-electron chi connectivity index (χ1n) is 8.86. The fourth-order valence-electron chi connectivity index (χ4n) is 2.70. The first kappa shape index (κ1) is 19.2. The van der Waals surface area contributed by atoms with Crippen molar-refractivity contribution in [2.24, 2.45) is 7.05 Å². The second-order valence-corrected chi connectivity index (χ2v) is 7.51. The number of hydrogen-bond donors (Lipinski definition) is 1. The van der Waals surface area contributed by atoms with Crippen LogP contribution in [0, 0.1) is 6.92 Å². The fourth-order valence-corrected chi connectivity index (χ4v) is 3.79. The highest BCUT2D eigenvalue weighted by atomic mass is 32.2. The number of fused-ring (bicyclic) bond motifs is 1. The smallest absolute Gasteiger partial charge is 0.261 e. The Morgan fingerprint density at radius 3 is 2.85 bits per heavy atom. The molecule has 1 unspecified atom stereocenters. The Hall–Kier alpha value is -2.61. The summed E-state index contributed by atoms with van der Waals surface area (Å²) >= 11 is 1.30. The number of para-hydroxylation sites is 1. The van der Waals surface area contributed by atoms with E-state index in [4.69, 9.17) is 4.52 Å². The summed E-state index contributed by atoms with van der Waals surface area (Å²) in [6.45, 7) is 3.84. The van der Waals surface area contributed by atoms with E-state index in [0.717, 1.165) is 12.8 Å². The predicted octanol–water partition coefficient (Wildman–Crippen LogP) is 3.52. The largest absolute Gasteiger partial charge is 0.360 e. The van der Waals surface area contributed by atoms with Crippen molar-refractivity contribution in [2.45, 2.75) is 43.5 Å². The molecule has 1 aromatic carbocycles. The molecule has 0 saturated heterocycles. The highest BCUT2D eigenvalue weighted by Crippen LogP contribution is 2.26. The van der Waals surface area contributed by atoms with E-state index in [1.165, 1.54) is 16.3 Å². The number of rotatable bonds is 7. The monoisotopic (exact) mass is 386 g/mol. The van der Waals surface area contributed by atoms with E-state index in [1.54, 1.807) is 32.2 Å². The van der Waals surface area contributed by atoms with Gasteiger partial charge in [0.1, 0.15) is 5.76 Å². The van der Waals surface area contributed by atoms with Gasteiger partial charge in [0, 0.05) is 13.1 Å². The third kappa shape index (κ3) is 4.39. The summed E-state index contributed by atoms with van der Waals surface area (Å²) in [5.74, 6) is 0.839. The van der Waals surface area contributed by atoms with Crippen molar-refractivity contribution in [2.75, 3.05) is 5.32 Å². The second kappa shape index (κ2) is 8.39. The Balaban J connectivity index is 1.87. The number of nitrogens with one attached hydrogen (secondary N) is 1. The summed E-state index contributed by atoms with van der Waals surface area (Å²) in [5.41, 5.74) is 0.509. The number of unbranched alkanes of at least 4 members (excludes halogenated alkanes) is 1. The molecular weight excluding hydrogens is 364 g/mol. The molecule has 142 valence electrons. The van der Waals surface area contributed by atoms with Crippen LogP contribution in [0.1, 0.15) is 31.9 Å². The van der Waals surface area contributed by atoms with Gasteiger partial charge in [0.05, 0.1) is 16.2 Å². The highest BCUT2D eigenvalue weighted by Gasteiger charge is 2.23. The van der Waals surface area contributed by atoms with E-state index < -0.39 is 0 Å². The van der Waals surface area contributed by atoms with Gasteiger partial charge in [0.2, 0.25) is 5.91 Å². The standard InChI is InChI=1S/C19H22N4O3S/c1-4-5-10-15(17(24)21-16-11-12(2)26-22-16)27-19-20-14-9-7-6-8-13(14)18(25)23(19)3/h6-9,11,15H,4-5,10H2,1-3H3,(H,21,22,24). The van der Waals surface area contributed by atoms with Gasteiger partial charge in [-0.15, -0.1) is 0 Å². The Morgan fingerprint density at radius 1 is 1.37 bits per heavy atom. The fraction of sp³-hybridized carbons (Fsp3) is 0.368. The lowest BCUT2D eigenvalue weighted by Crippen LogP contribution is -2.27. The molecule has 0 bridgehead atoms. The van der Waals surface area contributed by atoms with Crippen LogP contribution in [0.4, 0.5) is 5.82 Å². The normalized spacial score (nSPS) is 12.3. The Bertz CT molecular complexity index is 1010. The molecule has 7 nitrogen and oxygen atoms in total. The van der Waals surface area contributed by atoms with Crippen molar-refractivity contribution >= 4 is 34.4 Å². The maximum absolute atomic E-state index is 12.8. The van der Waals surface area contributed by atoms with Gasteiger partial charge in [-0.3, -0.25) is 14.2 Å². The third-order valence-electron chi connectivity index (χ3n) is 4.18. The van der Waals surface area contributed by atoms with E-state index in [1.807, 2.05) is 12.1 Å². The molecule has 1 amide bonds. The van der Waals surface area contributed by atoms with E-state index in [9.17, 15) is 9.59 Å². The highest BCUT2D eigenvalue weighted by molar-refractivity contribution is 8.00. The van der Waals surface area contributed by atoms with Gasteiger partial charge >= 0.3 is 0 Å². The number of anilines is 1. The van der Waals surface area contributed by atoms with Crippen LogP contribution in [0.15, 0.2) is 44.8 Å². The number of aryl methyl sites for hydroxylation is 1. The number of nitrogens with zero attached hydrogens (tertiary/aromatic N) is 3. The lowest BCUT2D eigenvalue weighted by Gasteiger charge is -2.16. The Morgan fingerprint density at radius 2 is 2.15 bits per heavy atom. The molecule has 0 aliphatic heterocycles. The van der Waals surface area contributed by atoms with Crippen molar-refractivity contribution in [3.8, 4) is 0 Å². The van der Waals surface area contributed by atoms with Gasteiger partial charge in [-0.25, -0.2) is 4.98 Å². The van der Waals surface area contributed by atoms with Crippen LogP contribution < -0.4 is 10.9 Å². The summed E-state index contributed by atoms with van der Waals surface area (Å²) in [6.07, 6.45) is 2.54. The minimum Gasteiger partial charge on any atom is -0.360 e. The molecule has 8 heteroatoms. The summed E-state index contributed by atoms with van der Waals surface area (Å²) < 4.78 is 6.50. The number of hydrogen-bond acceptors (Lipinski definition) is 6. The summed E-state index contributed by atoms with van der Waals surface area (Å²) in [7, 11) is 1.68. The number of carbonyl (C=O) groups excluding carboxylic acids is 1. The second-order valence-electron chi connectivity index (χ2n) is 6.34. The molecule has 3 aromatic rings. The molecular formula is C19H22N4O3S. The third-order valence-corrected chi connectivity index (χ3v) is 5.49. The first-order chi connectivity index (χ1) is 13.0. The van der Waals surface area contributed by atoms with E-state index in [-0.39, 0.29) is 16.7 Å². The molecule has 0 radical (unpaired) electrons. The van der Waals surface area contributed by atoms with Gasteiger partial charge in [-0.05, 0) is 25.5 Å². The maximum Gasteiger partial charge on any atom is 0.261 e. The molecule has 0 aliphatic rings. The topological polar surface area (TPSA) is 90.0 Å². The van der Waals surface area contributed by atoms with Crippen LogP contribution >= 0.6 is 11.8 Å². The summed E-state index contributed by atoms with van der Waals surface area (Å²) in [4.78, 5) is 29.9. The molecule has 3 rings (SSSR count). The molecule has 27 heavy (non-hydrogen) atoms. The Labute approximate surface area is 161 Å². The Kier molecular flexibility index (Phi) is 5.95. The lowest BCUT2D eigenvalue weighted by atomic mass is 10.2. The van der Waals surface area contributed by atoms with Crippen LogP contribution in [-0.2, 0) is 11.8 Å². The average molecular weight is 386 g/mol. The lowest BCUT2D eigenvalue weighted by molar-refractivity contribution is -0.115.